The van der Waals surface area contributed by atoms with Gasteiger partial charge in [-0.25, -0.2) is 4.68 Å². The highest BCUT2D eigenvalue weighted by Crippen LogP contribution is 2.24. The van der Waals surface area contributed by atoms with E-state index in [0.29, 0.717) is 5.75 Å². The summed E-state index contributed by atoms with van der Waals surface area (Å²) in [5.74, 6) is 1.28. The van der Waals surface area contributed by atoms with Crippen LogP contribution in [0.5, 0.6) is 11.5 Å². The van der Waals surface area contributed by atoms with Crippen LogP contribution in [-0.2, 0) is 6.54 Å². The van der Waals surface area contributed by atoms with Gasteiger partial charge in [-0.2, -0.15) is 5.10 Å². The van der Waals surface area contributed by atoms with Crippen LogP contribution in [0.2, 0.25) is 0 Å². The first kappa shape index (κ1) is 22.1. The van der Waals surface area contributed by atoms with Crippen LogP contribution < -0.4 is 20.3 Å². The minimum absolute atomic E-state index is 0.155. The number of amides is 1. The van der Waals surface area contributed by atoms with Crippen molar-refractivity contribution in [2.75, 3.05) is 13.7 Å². The van der Waals surface area contributed by atoms with Crippen molar-refractivity contribution in [3.8, 4) is 11.5 Å². The molecule has 162 valence electrons. The van der Waals surface area contributed by atoms with Gasteiger partial charge in [-0.15, -0.1) is 0 Å². The number of methoxy groups -OCH3 is 1. The van der Waals surface area contributed by atoms with Crippen LogP contribution in [0.4, 0.5) is 0 Å². The smallest absolute Gasteiger partial charge is 0.272 e. The molecule has 1 heterocycles. The van der Waals surface area contributed by atoms with Crippen molar-refractivity contribution in [1.82, 2.24) is 15.1 Å². The first-order valence-electron chi connectivity index (χ1n) is 10.2. The van der Waals surface area contributed by atoms with Gasteiger partial charge in [0.15, 0.2) is 0 Å². The molecule has 1 unspecified atom stereocenters. The van der Waals surface area contributed by atoms with Crippen molar-refractivity contribution >= 4 is 5.91 Å². The summed E-state index contributed by atoms with van der Waals surface area (Å²) in [4.78, 5) is 25.0. The van der Waals surface area contributed by atoms with E-state index in [0.717, 1.165) is 11.3 Å². The van der Waals surface area contributed by atoms with E-state index in [9.17, 15) is 9.59 Å². The molecule has 31 heavy (non-hydrogen) atoms. The van der Waals surface area contributed by atoms with E-state index >= 15 is 0 Å². The number of ether oxygens (including phenoxy) is 2. The molecule has 0 fully saturated rings. The Morgan fingerprint density at radius 2 is 1.71 bits per heavy atom. The summed E-state index contributed by atoms with van der Waals surface area (Å²) >= 11 is 0. The minimum Gasteiger partial charge on any atom is -0.497 e. The molecule has 3 rings (SSSR count). The minimum atomic E-state index is -0.341. The molecule has 1 atom stereocenters. The summed E-state index contributed by atoms with van der Waals surface area (Å²) in [6.45, 7) is 4.57. The summed E-state index contributed by atoms with van der Waals surface area (Å²) in [5.41, 5.74) is 0.857. The average Bonchev–Trinajstić information content (AvgIpc) is 2.79. The lowest BCUT2D eigenvalue weighted by Crippen LogP contribution is -2.34. The topological polar surface area (TPSA) is 82.5 Å². The maximum Gasteiger partial charge on any atom is 0.272 e. The lowest BCUT2D eigenvalue weighted by molar-refractivity contribution is 0.0917. The largest absolute Gasteiger partial charge is 0.497 e. The third-order valence-electron chi connectivity index (χ3n) is 4.84. The number of hydrogen-bond donors (Lipinski definition) is 1. The fraction of sp³-hybridized carbons (Fsp3) is 0.292. The van der Waals surface area contributed by atoms with Crippen LogP contribution in [-0.4, -0.2) is 29.4 Å². The zero-order valence-electron chi connectivity index (χ0n) is 17.9. The van der Waals surface area contributed by atoms with E-state index in [4.69, 9.17) is 9.47 Å². The van der Waals surface area contributed by atoms with Gasteiger partial charge in [-0.1, -0.05) is 44.2 Å². The summed E-state index contributed by atoms with van der Waals surface area (Å²) in [6.07, 6.45) is 0. The zero-order chi connectivity index (χ0) is 22.2. The molecule has 0 saturated heterocycles. The monoisotopic (exact) mass is 421 g/mol. The van der Waals surface area contributed by atoms with Crippen LogP contribution in [0.15, 0.2) is 71.5 Å². The summed E-state index contributed by atoms with van der Waals surface area (Å²) in [5, 5.41) is 7.26. The summed E-state index contributed by atoms with van der Waals surface area (Å²) < 4.78 is 12.1. The molecule has 3 aromatic rings. The van der Waals surface area contributed by atoms with E-state index in [1.807, 2.05) is 68.4 Å². The van der Waals surface area contributed by atoms with Gasteiger partial charge in [0.2, 0.25) is 0 Å². The number of carbonyl (C=O) groups is 1. The Hall–Kier alpha value is -3.61. The lowest BCUT2D eigenvalue weighted by atomic mass is 9.96. The number of nitrogens with zero attached hydrogens (tertiary/aromatic N) is 2. The van der Waals surface area contributed by atoms with Gasteiger partial charge < -0.3 is 14.8 Å². The molecular formula is C24H27N3O4. The van der Waals surface area contributed by atoms with Crippen molar-refractivity contribution in [3.63, 3.8) is 0 Å². The Bertz CT molecular complexity index is 1050. The van der Waals surface area contributed by atoms with Gasteiger partial charge in [0.25, 0.3) is 11.5 Å². The fourth-order valence-electron chi connectivity index (χ4n) is 3.16. The van der Waals surface area contributed by atoms with Gasteiger partial charge in [0, 0.05) is 6.07 Å². The fourth-order valence-corrected chi connectivity index (χ4v) is 3.16. The molecule has 0 saturated carbocycles. The predicted octanol–water partition coefficient (Wildman–Crippen LogP) is 3.46. The van der Waals surface area contributed by atoms with Gasteiger partial charge in [-0.3, -0.25) is 9.59 Å². The molecule has 1 amide bonds. The third kappa shape index (κ3) is 5.94. The van der Waals surface area contributed by atoms with E-state index < -0.39 is 0 Å². The van der Waals surface area contributed by atoms with Crippen molar-refractivity contribution in [2.24, 2.45) is 5.92 Å². The van der Waals surface area contributed by atoms with Crippen LogP contribution in [0.3, 0.4) is 0 Å². The number of carbonyl (C=O) groups excluding carboxylic acids is 1. The molecule has 0 aliphatic rings. The quantitative estimate of drug-likeness (QED) is 0.572. The van der Waals surface area contributed by atoms with Gasteiger partial charge in [0.1, 0.15) is 23.8 Å². The van der Waals surface area contributed by atoms with Crippen LogP contribution in [0.25, 0.3) is 0 Å². The van der Waals surface area contributed by atoms with Crippen molar-refractivity contribution in [1.29, 1.82) is 0 Å². The maximum atomic E-state index is 12.9. The second kappa shape index (κ2) is 10.4. The molecule has 0 aliphatic heterocycles. The van der Waals surface area contributed by atoms with Crippen LogP contribution in [0, 0.1) is 5.92 Å². The van der Waals surface area contributed by atoms with Gasteiger partial charge in [0.05, 0.1) is 19.7 Å². The number of aromatic nitrogens is 2. The van der Waals surface area contributed by atoms with E-state index in [1.165, 1.54) is 16.8 Å². The highest BCUT2D eigenvalue weighted by molar-refractivity contribution is 5.92. The molecule has 0 radical (unpaired) electrons. The highest BCUT2D eigenvalue weighted by Gasteiger charge is 2.20. The normalized spacial score (nSPS) is 11.7. The van der Waals surface area contributed by atoms with Crippen molar-refractivity contribution < 1.29 is 14.3 Å². The predicted molar refractivity (Wildman–Crippen MR) is 118 cm³/mol. The molecule has 0 aliphatic carbocycles. The van der Waals surface area contributed by atoms with Crippen molar-refractivity contribution in [3.05, 3.63) is 88.3 Å². The first-order valence-corrected chi connectivity index (χ1v) is 10.2. The highest BCUT2D eigenvalue weighted by atomic mass is 16.5. The Morgan fingerprint density at radius 1 is 1.00 bits per heavy atom. The Morgan fingerprint density at radius 3 is 2.35 bits per heavy atom. The van der Waals surface area contributed by atoms with Crippen LogP contribution in [0.1, 0.15) is 35.9 Å². The summed E-state index contributed by atoms with van der Waals surface area (Å²) in [7, 11) is 1.61. The van der Waals surface area contributed by atoms with Crippen LogP contribution >= 0.6 is 0 Å². The van der Waals surface area contributed by atoms with E-state index in [-0.39, 0.29) is 42.3 Å². The van der Waals surface area contributed by atoms with Crippen molar-refractivity contribution in [2.45, 2.75) is 26.4 Å². The third-order valence-corrected chi connectivity index (χ3v) is 4.84. The number of para-hydroxylation sites is 1. The maximum absolute atomic E-state index is 12.9. The lowest BCUT2D eigenvalue weighted by Gasteiger charge is -2.23. The Balaban J connectivity index is 1.69. The number of hydrogen-bond acceptors (Lipinski definition) is 5. The standard InChI is InChI=1S/C24H27N3O4/c1-17(2)23(18-9-11-19(30-3)12-10-18)25-24(29)21-13-14-22(28)27(26-21)15-16-31-20-7-5-4-6-8-20/h4-14,17,23H,15-16H2,1-3H3,(H,25,29). The Kier molecular flexibility index (Phi) is 7.43. The second-order valence-corrected chi connectivity index (χ2v) is 7.41. The van der Waals surface area contributed by atoms with Gasteiger partial charge in [-0.05, 0) is 41.8 Å². The molecular weight excluding hydrogens is 394 g/mol. The number of nitrogens with one attached hydrogen (secondary N) is 1. The molecule has 1 aromatic heterocycles. The number of rotatable bonds is 9. The first-order chi connectivity index (χ1) is 15.0. The summed E-state index contributed by atoms with van der Waals surface area (Å²) in [6, 6.07) is 19.5. The zero-order valence-corrected chi connectivity index (χ0v) is 17.9. The second-order valence-electron chi connectivity index (χ2n) is 7.41. The molecule has 7 nitrogen and oxygen atoms in total. The Labute approximate surface area is 181 Å². The molecule has 2 aromatic carbocycles. The molecule has 0 spiro atoms. The molecule has 1 N–H and O–H groups in total. The van der Waals surface area contributed by atoms with Gasteiger partial charge >= 0.3 is 0 Å². The number of benzene rings is 2. The molecule has 7 heteroatoms. The van der Waals surface area contributed by atoms with E-state index in [1.54, 1.807) is 7.11 Å². The van der Waals surface area contributed by atoms with E-state index in [2.05, 4.69) is 10.4 Å². The SMILES string of the molecule is COc1ccc(C(NC(=O)c2ccc(=O)n(CCOc3ccccc3)n2)C(C)C)cc1. The molecule has 0 bridgehead atoms. The average molecular weight is 421 g/mol.